The summed E-state index contributed by atoms with van der Waals surface area (Å²) in [5.74, 6) is -0.0129. The van der Waals surface area contributed by atoms with E-state index in [1.807, 2.05) is 31.2 Å². The van der Waals surface area contributed by atoms with Crippen LogP contribution in [0.3, 0.4) is 0 Å². The number of amides is 1. The smallest absolute Gasteiger partial charge is 0.331 e. The summed E-state index contributed by atoms with van der Waals surface area (Å²) in [5, 5.41) is 2.85. The SMILES string of the molecule is Cc1ccc2c(c1)N(CC(=O)NCc1ccncc1)CC(=O)O2. The van der Waals surface area contributed by atoms with E-state index in [4.69, 9.17) is 4.74 Å². The number of aromatic nitrogens is 1. The van der Waals surface area contributed by atoms with Crippen molar-refractivity contribution in [2.75, 3.05) is 18.0 Å². The Labute approximate surface area is 134 Å². The number of hydrogen-bond acceptors (Lipinski definition) is 5. The Morgan fingerprint density at radius 1 is 1.30 bits per heavy atom. The van der Waals surface area contributed by atoms with Gasteiger partial charge in [-0.05, 0) is 42.3 Å². The van der Waals surface area contributed by atoms with Crippen LogP contribution in [0, 0.1) is 6.92 Å². The molecule has 0 saturated heterocycles. The van der Waals surface area contributed by atoms with Crippen LogP contribution < -0.4 is 15.0 Å². The van der Waals surface area contributed by atoms with Gasteiger partial charge in [0.2, 0.25) is 5.91 Å². The van der Waals surface area contributed by atoms with Gasteiger partial charge in [0.25, 0.3) is 0 Å². The summed E-state index contributed by atoms with van der Waals surface area (Å²) in [7, 11) is 0. The van der Waals surface area contributed by atoms with Gasteiger partial charge in [0.15, 0.2) is 5.75 Å². The van der Waals surface area contributed by atoms with E-state index in [0.717, 1.165) is 16.8 Å². The van der Waals surface area contributed by atoms with E-state index >= 15 is 0 Å². The zero-order chi connectivity index (χ0) is 16.2. The summed E-state index contributed by atoms with van der Waals surface area (Å²) in [6, 6.07) is 9.23. The molecule has 1 N–H and O–H groups in total. The molecule has 2 aromatic rings. The molecule has 0 spiro atoms. The van der Waals surface area contributed by atoms with E-state index < -0.39 is 0 Å². The number of pyridine rings is 1. The highest BCUT2D eigenvalue weighted by atomic mass is 16.5. The number of nitrogens with zero attached hydrogens (tertiary/aromatic N) is 2. The lowest BCUT2D eigenvalue weighted by molar-refractivity contribution is -0.133. The maximum absolute atomic E-state index is 12.2. The summed E-state index contributed by atoms with van der Waals surface area (Å²) >= 11 is 0. The van der Waals surface area contributed by atoms with Crippen LogP contribution in [0.5, 0.6) is 5.75 Å². The second kappa shape index (κ2) is 6.48. The Kier molecular flexibility index (Phi) is 4.23. The number of rotatable bonds is 4. The van der Waals surface area contributed by atoms with E-state index in [-0.39, 0.29) is 25.0 Å². The van der Waals surface area contributed by atoms with Gasteiger partial charge in [-0.25, -0.2) is 4.79 Å². The molecule has 0 saturated carbocycles. The molecule has 0 fully saturated rings. The minimum absolute atomic E-state index is 0.0686. The van der Waals surface area contributed by atoms with Crippen molar-refractivity contribution in [2.45, 2.75) is 13.5 Å². The van der Waals surface area contributed by atoms with Crippen molar-refractivity contribution in [1.82, 2.24) is 10.3 Å². The van der Waals surface area contributed by atoms with Gasteiger partial charge in [-0.2, -0.15) is 0 Å². The molecule has 1 aliphatic heterocycles. The average Bonchev–Trinajstić information content (AvgIpc) is 2.54. The molecule has 118 valence electrons. The lowest BCUT2D eigenvalue weighted by Crippen LogP contribution is -2.43. The average molecular weight is 311 g/mol. The highest BCUT2D eigenvalue weighted by Gasteiger charge is 2.25. The molecule has 1 amide bonds. The monoisotopic (exact) mass is 311 g/mol. The number of hydrogen-bond donors (Lipinski definition) is 1. The fraction of sp³-hybridized carbons (Fsp3) is 0.235. The number of carbonyl (C=O) groups is 2. The fourth-order valence-electron chi connectivity index (χ4n) is 2.43. The Morgan fingerprint density at radius 2 is 2.09 bits per heavy atom. The number of anilines is 1. The van der Waals surface area contributed by atoms with Crippen LogP contribution in [0.1, 0.15) is 11.1 Å². The minimum atomic E-state index is -0.358. The molecular formula is C17H17N3O3. The summed E-state index contributed by atoms with van der Waals surface area (Å²) in [4.78, 5) is 29.5. The van der Waals surface area contributed by atoms with Gasteiger partial charge >= 0.3 is 5.97 Å². The van der Waals surface area contributed by atoms with E-state index in [1.165, 1.54) is 0 Å². The first kappa shape index (κ1) is 15.0. The normalized spacial score (nSPS) is 13.3. The van der Waals surface area contributed by atoms with Crippen molar-refractivity contribution in [3.05, 3.63) is 53.9 Å². The van der Waals surface area contributed by atoms with E-state index in [9.17, 15) is 9.59 Å². The van der Waals surface area contributed by atoms with Gasteiger partial charge < -0.3 is 15.0 Å². The lowest BCUT2D eigenvalue weighted by atomic mass is 10.1. The molecule has 0 atom stereocenters. The van der Waals surface area contributed by atoms with Crippen molar-refractivity contribution in [3.8, 4) is 5.75 Å². The van der Waals surface area contributed by atoms with Crippen molar-refractivity contribution in [1.29, 1.82) is 0 Å². The van der Waals surface area contributed by atoms with Crippen molar-refractivity contribution < 1.29 is 14.3 Å². The van der Waals surface area contributed by atoms with Crippen molar-refractivity contribution >= 4 is 17.6 Å². The third kappa shape index (κ3) is 3.66. The molecule has 0 bridgehead atoms. The Bertz CT molecular complexity index is 731. The summed E-state index contributed by atoms with van der Waals surface area (Å²) < 4.78 is 5.21. The second-order valence-corrected chi connectivity index (χ2v) is 5.43. The van der Waals surface area contributed by atoms with Crippen LogP contribution in [-0.4, -0.2) is 29.9 Å². The van der Waals surface area contributed by atoms with Gasteiger partial charge in [-0.3, -0.25) is 9.78 Å². The lowest BCUT2D eigenvalue weighted by Gasteiger charge is -2.29. The van der Waals surface area contributed by atoms with Crippen LogP contribution >= 0.6 is 0 Å². The van der Waals surface area contributed by atoms with Gasteiger partial charge in [0.1, 0.15) is 6.54 Å². The summed E-state index contributed by atoms with van der Waals surface area (Å²) in [5.41, 5.74) is 2.79. The minimum Gasteiger partial charge on any atom is -0.423 e. The van der Waals surface area contributed by atoms with Gasteiger partial charge in [-0.15, -0.1) is 0 Å². The zero-order valence-corrected chi connectivity index (χ0v) is 12.8. The highest BCUT2D eigenvalue weighted by molar-refractivity contribution is 5.89. The number of aryl methyl sites for hydroxylation is 1. The summed E-state index contributed by atoms with van der Waals surface area (Å²) in [6.45, 7) is 2.56. The zero-order valence-electron chi connectivity index (χ0n) is 12.8. The van der Waals surface area contributed by atoms with E-state index in [1.54, 1.807) is 23.4 Å². The molecule has 1 aromatic heterocycles. The van der Waals surface area contributed by atoms with Crippen LogP contribution in [0.2, 0.25) is 0 Å². The largest absolute Gasteiger partial charge is 0.423 e. The second-order valence-electron chi connectivity index (χ2n) is 5.43. The molecule has 0 radical (unpaired) electrons. The molecule has 6 heteroatoms. The number of benzene rings is 1. The van der Waals surface area contributed by atoms with Gasteiger partial charge in [0.05, 0.1) is 12.2 Å². The fourth-order valence-corrected chi connectivity index (χ4v) is 2.43. The molecule has 0 aliphatic carbocycles. The van der Waals surface area contributed by atoms with Gasteiger partial charge in [0, 0.05) is 18.9 Å². The van der Waals surface area contributed by atoms with Crippen molar-refractivity contribution in [3.63, 3.8) is 0 Å². The summed E-state index contributed by atoms with van der Waals surface area (Å²) in [6.07, 6.45) is 3.36. The Balaban J connectivity index is 1.67. The highest BCUT2D eigenvalue weighted by Crippen LogP contribution is 2.32. The third-order valence-electron chi connectivity index (χ3n) is 3.57. The molecule has 1 aromatic carbocycles. The van der Waals surface area contributed by atoms with Crippen LogP contribution in [-0.2, 0) is 16.1 Å². The quantitative estimate of drug-likeness (QED) is 0.683. The first-order chi connectivity index (χ1) is 11.1. The van der Waals surface area contributed by atoms with E-state index in [2.05, 4.69) is 10.3 Å². The first-order valence-electron chi connectivity index (χ1n) is 7.34. The molecule has 1 aliphatic rings. The molecule has 2 heterocycles. The van der Waals surface area contributed by atoms with Crippen molar-refractivity contribution in [2.24, 2.45) is 0 Å². The maximum atomic E-state index is 12.2. The Hall–Kier alpha value is -2.89. The topological polar surface area (TPSA) is 71.5 Å². The molecule has 23 heavy (non-hydrogen) atoms. The third-order valence-corrected chi connectivity index (χ3v) is 3.57. The van der Waals surface area contributed by atoms with Crippen LogP contribution in [0.25, 0.3) is 0 Å². The van der Waals surface area contributed by atoms with Crippen LogP contribution in [0.4, 0.5) is 5.69 Å². The Morgan fingerprint density at radius 3 is 2.87 bits per heavy atom. The van der Waals surface area contributed by atoms with Crippen LogP contribution in [0.15, 0.2) is 42.7 Å². The van der Waals surface area contributed by atoms with E-state index in [0.29, 0.717) is 12.3 Å². The molecule has 6 nitrogen and oxygen atoms in total. The predicted molar refractivity (Wildman–Crippen MR) is 85.1 cm³/mol. The number of fused-ring (bicyclic) bond motifs is 1. The first-order valence-corrected chi connectivity index (χ1v) is 7.34. The molecule has 0 unspecified atom stereocenters. The standard InChI is InChI=1S/C17H17N3O3/c1-12-2-3-15-14(8-12)20(11-17(22)23-15)10-16(21)19-9-13-4-6-18-7-5-13/h2-8H,9-11H2,1H3,(H,19,21). The number of ether oxygens (including phenoxy) is 1. The van der Waals surface area contributed by atoms with Gasteiger partial charge in [-0.1, -0.05) is 6.07 Å². The molecule has 3 rings (SSSR count). The number of esters is 1. The number of carbonyl (C=O) groups excluding carboxylic acids is 2. The number of nitrogens with one attached hydrogen (secondary N) is 1. The predicted octanol–water partition coefficient (Wildman–Crippen LogP) is 1.43. The molecular weight excluding hydrogens is 294 g/mol. The maximum Gasteiger partial charge on any atom is 0.331 e.